The van der Waals surface area contributed by atoms with Gasteiger partial charge in [0.1, 0.15) is 0 Å². The highest BCUT2D eigenvalue weighted by Gasteiger charge is 1.87. The SMILES string of the molecule is [CH2]Cc1cccc(C=C)c1. The van der Waals surface area contributed by atoms with E-state index in [1.807, 2.05) is 18.2 Å². The summed E-state index contributed by atoms with van der Waals surface area (Å²) in [5.41, 5.74) is 2.43. The largest absolute Gasteiger partial charge is 0.0985 e. The fourth-order valence-electron chi connectivity index (χ4n) is 0.876. The van der Waals surface area contributed by atoms with Crippen molar-refractivity contribution >= 4 is 6.08 Å². The maximum atomic E-state index is 3.80. The van der Waals surface area contributed by atoms with E-state index in [0.29, 0.717) is 0 Å². The first kappa shape index (κ1) is 7.07. The summed E-state index contributed by atoms with van der Waals surface area (Å²) in [5.74, 6) is 0. The van der Waals surface area contributed by atoms with Crippen molar-refractivity contribution in [2.75, 3.05) is 0 Å². The summed E-state index contributed by atoms with van der Waals surface area (Å²) in [6, 6.07) is 8.23. The van der Waals surface area contributed by atoms with Crippen molar-refractivity contribution in [2.24, 2.45) is 0 Å². The molecule has 10 heavy (non-hydrogen) atoms. The molecule has 0 N–H and O–H groups in total. The van der Waals surface area contributed by atoms with Gasteiger partial charge in [-0.15, -0.1) is 0 Å². The van der Waals surface area contributed by atoms with Gasteiger partial charge in [0, 0.05) is 0 Å². The molecule has 1 aromatic rings. The van der Waals surface area contributed by atoms with E-state index in [-0.39, 0.29) is 0 Å². The third kappa shape index (κ3) is 1.47. The predicted octanol–water partition coefficient (Wildman–Crippen LogP) is 2.71. The molecular formula is C10H11. The molecule has 0 heteroatoms. The Balaban J connectivity index is 2.98. The van der Waals surface area contributed by atoms with Gasteiger partial charge in [0.2, 0.25) is 0 Å². The molecule has 1 aromatic carbocycles. The van der Waals surface area contributed by atoms with Crippen LogP contribution in [0, 0.1) is 6.92 Å². The third-order valence-corrected chi connectivity index (χ3v) is 1.48. The van der Waals surface area contributed by atoms with Gasteiger partial charge in [-0.2, -0.15) is 0 Å². The number of hydrogen-bond donors (Lipinski definition) is 0. The monoisotopic (exact) mass is 131 g/mol. The standard InChI is InChI=1S/C10H11/c1-3-9-6-5-7-10(4-2)8-9/h3,5-8H,1-2,4H2. The summed E-state index contributed by atoms with van der Waals surface area (Å²) in [7, 11) is 0. The second-order valence-electron chi connectivity index (χ2n) is 2.20. The van der Waals surface area contributed by atoms with E-state index in [0.717, 1.165) is 6.42 Å². The lowest BCUT2D eigenvalue weighted by Crippen LogP contribution is -1.79. The summed E-state index contributed by atoms with van der Waals surface area (Å²) >= 11 is 0. The van der Waals surface area contributed by atoms with Crippen LogP contribution in [0.4, 0.5) is 0 Å². The van der Waals surface area contributed by atoms with Crippen molar-refractivity contribution in [1.29, 1.82) is 0 Å². The van der Waals surface area contributed by atoms with Gasteiger partial charge in [-0.3, -0.25) is 0 Å². The number of benzene rings is 1. The van der Waals surface area contributed by atoms with E-state index < -0.39 is 0 Å². The molecule has 0 fully saturated rings. The second kappa shape index (κ2) is 3.21. The van der Waals surface area contributed by atoms with Gasteiger partial charge in [0.25, 0.3) is 0 Å². The lowest BCUT2D eigenvalue weighted by molar-refractivity contribution is 1.27. The summed E-state index contributed by atoms with van der Waals surface area (Å²) in [6.45, 7) is 7.48. The Morgan fingerprint density at radius 2 is 2.20 bits per heavy atom. The van der Waals surface area contributed by atoms with Crippen LogP contribution in [0.3, 0.4) is 0 Å². The first-order chi connectivity index (χ1) is 4.86. The van der Waals surface area contributed by atoms with E-state index in [1.165, 1.54) is 11.1 Å². The van der Waals surface area contributed by atoms with Gasteiger partial charge in [0.05, 0.1) is 0 Å². The maximum absolute atomic E-state index is 3.80. The van der Waals surface area contributed by atoms with Crippen LogP contribution in [0.2, 0.25) is 0 Å². The number of rotatable bonds is 2. The average Bonchev–Trinajstić information content (AvgIpc) is 2.05. The Kier molecular flexibility index (Phi) is 2.27. The third-order valence-electron chi connectivity index (χ3n) is 1.48. The molecule has 0 amide bonds. The van der Waals surface area contributed by atoms with Crippen molar-refractivity contribution in [2.45, 2.75) is 6.42 Å². The van der Waals surface area contributed by atoms with Crippen LogP contribution in [-0.4, -0.2) is 0 Å². The van der Waals surface area contributed by atoms with E-state index in [9.17, 15) is 0 Å². The minimum atomic E-state index is 0.849. The molecule has 0 saturated heterocycles. The van der Waals surface area contributed by atoms with Crippen LogP contribution in [0.1, 0.15) is 11.1 Å². The van der Waals surface area contributed by atoms with Gasteiger partial charge in [0.15, 0.2) is 0 Å². The van der Waals surface area contributed by atoms with Crippen LogP contribution in [0.15, 0.2) is 30.8 Å². The van der Waals surface area contributed by atoms with Gasteiger partial charge >= 0.3 is 0 Å². The van der Waals surface area contributed by atoms with Crippen molar-refractivity contribution < 1.29 is 0 Å². The molecule has 0 heterocycles. The molecule has 0 aliphatic carbocycles. The highest BCUT2D eigenvalue weighted by Crippen LogP contribution is 2.05. The van der Waals surface area contributed by atoms with Gasteiger partial charge in [-0.25, -0.2) is 0 Å². The zero-order valence-corrected chi connectivity index (χ0v) is 6.01. The molecule has 0 unspecified atom stereocenters. The Bertz CT molecular complexity index is 223. The van der Waals surface area contributed by atoms with Crippen molar-refractivity contribution in [3.05, 3.63) is 48.9 Å². The highest BCUT2D eigenvalue weighted by molar-refractivity contribution is 5.47. The molecule has 0 atom stereocenters. The Labute approximate surface area is 62.2 Å². The molecule has 0 saturated carbocycles. The van der Waals surface area contributed by atoms with E-state index in [1.54, 1.807) is 0 Å². The minimum absolute atomic E-state index is 0.849. The van der Waals surface area contributed by atoms with E-state index >= 15 is 0 Å². The summed E-state index contributed by atoms with van der Waals surface area (Å²) < 4.78 is 0. The zero-order valence-electron chi connectivity index (χ0n) is 6.01. The highest BCUT2D eigenvalue weighted by atomic mass is 13.9. The van der Waals surface area contributed by atoms with Crippen LogP contribution < -0.4 is 0 Å². The minimum Gasteiger partial charge on any atom is -0.0985 e. The summed E-state index contributed by atoms with van der Waals surface area (Å²) in [5, 5.41) is 0. The summed E-state index contributed by atoms with van der Waals surface area (Å²) in [4.78, 5) is 0. The predicted molar refractivity (Wildman–Crippen MR) is 45.6 cm³/mol. The Hall–Kier alpha value is -1.04. The van der Waals surface area contributed by atoms with E-state index in [2.05, 4.69) is 25.6 Å². The molecule has 1 radical (unpaired) electrons. The van der Waals surface area contributed by atoms with E-state index in [4.69, 9.17) is 0 Å². The number of hydrogen-bond acceptors (Lipinski definition) is 0. The Morgan fingerprint density at radius 3 is 2.80 bits per heavy atom. The molecular weight excluding hydrogens is 120 g/mol. The average molecular weight is 131 g/mol. The van der Waals surface area contributed by atoms with Crippen molar-refractivity contribution in [3.8, 4) is 0 Å². The lowest BCUT2D eigenvalue weighted by atomic mass is 10.1. The quantitative estimate of drug-likeness (QED) is 0.579. The molecule has 0 aliphatic heterocycles. The smallest absolute Gasteiger partial charge is 0.0260 e. The second-order valence-corrected chi connectivity index (χ2v) is 2.20. The lowest BCUT2D eigenvalue weighted by Gasteiger charge is -1.96. The Morgan fingerprint density at radius 1 is 1.40 bits per heavy atom. The first-order valence-corrected chi connectivity index (χ1v) is 3.37. The fourth-order valence-corrected chi connectivity index (χ4v) is 0.876. The summed E-state index contributed by atoms with van der Waals surface area (Å²) in [6.07, 6.45) is 2.70. The van der Waals surface area contributed by atoms with Crippen LogP contribution in [-0.2, 0) is 6.42 Å². The van der Waals surface area contributed by atoms with Crippen molar-refractivity contribution in [3.63, 3.8) is 0 Å². The normalized spacial score (nSPS) is 9.30. The molecule has 0 spiro atoms. The van der Waals surface area contributed by atoms with Crippen LogP contribution in [0.25, 0.3) is 6.08 Å². The fraction of sp³-hybridized carbons (Fsp3) is 0.100. The molecule has 51 valence electrons. The van der Waals surface area contributed by atoms with Crippen LogP contribution in [0.5, 0.6) is 0 Å². The zero-order chi connectivity index (χ0) is 7.40. The topological polar surface area (TPSA) is 0 Å². The molecule has 0 nitrogen and oxygen atoms in total. The van der Waals surface area contributed by atoms with Gasteiger partial charge < -0.3 is 0 Å². The molecule has 0 aromatic heterocycles. The first-order valence-electron chi connectivity index (χ1n) is 3.37. The van der Waals surface area contributed by atoms with Crippen molar-refractivity contribution in [1.82, 2.24) is 0 Å². The van der Waals surface area contributed by atoms with Gasteiger partial charge in [-0.05, 0) is 24.5 Å². The molecule has 0 bridgehead atoms. The molecule has 1 rings (SSSR count). The molecule has 0 aliphatic rings. The maximum Gasteiger partial charge on any atom is -0.0260 e. The van der Waals surface area contributed by atoms with Gasteiger partial charge in [-0.1, -0.05) is 36.9 Å². The van der Waals surface area contributed by atoms with Crippen LogP contribution >= 0.6 is 0 Å².